The van der Waals surface area contributed by atoms with Gasteiger partial charge in [0.15, 0.2) is 13.3 Å². The largest absolute Gasteiger partial charge is 0.469 e. The van der Waals surface area contributed by atoms with Crippen LogP contribution in [0.2, 0.25) is 16.6 Å². The number of rotatable bonds is 7. The molecule has 0 spiro atoms. The molecule has 7 nitrogen and oxygen atoms in total. The summed E-state index contributed by atoms with van der Waals surface area (Å²) in [6.45, 7) is 14.3. The summed E-state index contributed by atoms with van der Waals surface area (Å²) in [4.78, 5) is 16.5. The maximum atomic E-state index is 13.4. The van der Waals surface area contributed by atoms with Crippen LogP contribution in [0.1, 0.15) is 54.4 Å². The first-order chi connectivity index (χ1) is 15.0. The standard InChI is InChI=1S/C23H37N3O4SSi/c1-16(2)32(17(3)4,18(5)6)26-15-12-19-8-9-21(24-22(19)26)31(28,29)25-13-10-20(11-14-25)23(27)30-7/h8-9,12,15-18,20H,10-11,13-14H2,1-7H3. The van der Waals surface area contributed by atoms with Gasteiger partial charge >= 0.3 is 5.97 Å². The molecule has 32 heavy (non-hydrogen) atoms. The van der Waals surface area contributed by atoms with Crippen LogP contribution < -0.4 is 0 Å². The molecule has 0 aromatic carbocycles. The Kier molecular flexibility index (Phi) is 7.22. The van der Waals surface area contributed by atoms with E-state index in [1.54, 1.807) is 6.07 Å². The second-order valence-corrected chi connectivity index (χ2v) is 17.4. The van der Waals surface area contributed by atoms with Crippen LogP contribution in [-0.4, -0.2) is 56.3 Å². The quantitative estimate of drug-likeness (QED) is 0.427. The van der Waals surface area contributed by atoms with Crippen LogP contribution >= 0.6 is 0 Å². The van der Waals surface area contributed by atoms with Crippen molar-refractivity contribution >= 4 is 35.3 Å². The van der Waals surface area contributed by atoms with Crippen LogP contribution in [0.3, 0.4) is 0 Å². The molecule has 0 atom stereocenters. The minimum atomic E-state index is -3.74. The van der Waals surface area contributed by atoms with Crippen LogP contribution in [0.25, 0.3) is 11.0 Å². The molecule has 0 bridgehead atoms. The van der Waals surface area contributed by atoms with Gasteiger partial charge in [-0.25, -0.2) is 13.4 Å². The summed E-state index contributed by atoms with van der Waals surface area (Å²) in [6, 6.07) is 5.53. The van der Waals surface area contributed by atoms with Crippen molar-refractivity contribution < 1.29 is 17.9 Å². The van der Waals surface area contributed by atoms with Gasteiger partial charge in [-0.1, -0.05) is 41.5 Å². The molecule has 0 aliphatic carbocycles. The van der Waals surface area contributed by atoms with Gasteiger partial charge in [-0.3, -0.25) is 4.79 Å². The fourth-order valence-corrected chi connectivity index (χ4v) is 13.9. The number of fused-ring (bicyclic) bond motifs is 1. The summed E-state index contributed by atoms with van der Waals surface area (Å²) >= 11 is 0. The molecule has 1 saturated heterocycles. The number of aromatic nitrogens is 2. The van der Waals surface area contributed by atoms with Crippen molar-refractivity contribution in [3.05, 3.63) is 24.4 Å². The fourth-order valence-electron chi connectivity index (χ4n) is 5.91. The highest BCUT2D eigenvalue weighted by molar-refractivity contribution is 7.89. The molecule has 1 fully saturated rings. The third-order valence-corrected chi connectivity index (χ3v) is 15.8. The molecule has 0 radical (unpaired) electrons. The zero-order chi connectivity index (χ0) is 23.8. The molecule has 0 unspecified atom stereocenters. The fraction of sp³-hybridized carbons (Fsp3) is 0.652. The maximum absolute atomic E-state index is 13.4. The first-order valence-electron chi connectivity index (χ1n) is 11.5. The first-order valence-corrected chi connectivity index (χ1v) is 15.2. The lowest BCUT2D eigenvalue weighted by molar-refractivity contribution is -0.146. The lowest BCUT2D eigenvalue weighted by Crippen LogP contribution is -2.51. The number of carbonyl (C=O) groups excluding carboxylic acids is 1. The van der Waals surface area contributed by atoms with E-state index in [0.717, 1.165) is 11.0 Å². The van der Waals surface area contributed by atoms with Crippen LogP contribution in [0.15, 0.2) is 29.4 Å². The molecule has 0 saturated carbocycles. The molecule has 9 heteroatoms. The van der Waals surface area contributed by atoms with Gasteiger partial charge in [0.1, 0.15) is 5.65 Å². The Labute approximate surface area is 193 Å². The molecule has 0 N–H and O–H groups in total. The van der Waals surface area contributed by atoms with E-state index in [4.69, 9.17) is 9.72 Å². The predicted molar refractivity (Wildman–Crippen MR) is 130 cm³/mol. The molecular formula is C23H37N3O4SSi. The SMILES string of the molecule is COC(=O)C1CCN(S(=O)(=O)c2ccc3ccn([Si](C(C)C)(C(C)C)C(C)C)c3n2)CC1. The molecule has 3 rings (SSSR count). The highest BCUT2D eigenvalue weighted by Gasteiger charge is 2.46. The molecule has 1 aliphatic rings. The number of hydrogen-bond acceptors (Lipinski definition) is 5. The lowest BCUT2D eigenvalue weighted by atomic mass is 9.99. The summed E-state index contributed by atoms with van der Waals surface area (Å²) in [5.41, 5.74) is 2.17. The monoisotopic (exact) mass is 479 g/mol. The Morgan fingerprint density at radius 3 is 2.09 bits per heavy atom. The summed E-state index contributed by atoms with van der Waals surface area (Å²) in [5.74, 6) is -0.509. The molecule has 2 aromatic heterocycles. The van der Waals surface area contributed by atoms with E-state index in [1.807, 2.05) is 6.07 Å². The third-order valence-electron chi connectivity index (χ3n) is 7.30. The smallest absolute Gasteiger partial charge is 0.308 e. The van der Waals surface area contributed by atoms with Gasteiger partial charge in [-0.2, -0.15) is 4.31 Å². The van der Waals surface area contributed by atoms with Gasteiger partial charge in [0.25, 0.3) is 10.0 Å². The highest BCUT2D eigenvalue weighted by atomic mass is 32.2. The van der Waals surface area contributed by atoms with E-state index in [9.17, 15) is 13.2 Å². The highest BCUT2D eigenvalue weighted by Crippen LogP contribution is 2.44. The normalized spacial score (nSPS) is 17.1. The average molecular weight is 480 g/mol. The van der Waals surface area contributed by atoms with Crippen molar-refractivity contribution in [2.75, 3.05) is 20.2 Å². The van der Waals surface area contributed by atoms with E-state index < -0.39 is 18.3 Å². The number of sulfonamides is 1. The number of esters is 1. The molecule has 178 valence electrons. The van der Waals surface area contributed by atoms with Gasteiger partial charge in [0.2, 0.25) is 0 Å². The number of nitrogens with zero attached hydrogens (tertiary/aromatic N) is 3. The van der Waals surface area contributed by atoms with Crippen LogP contribution in [0.4, 0.5) is 0 Å². The summed E-state index contributed by atoms with van der Waals surface area (Å²) in [6.07, 6.45) is 3.05. The van der Waals surface area contributed by atoms with Gasteiger partial charge in [-0.05, 0) is 53.9 Å². The number of ether oxygens (including phenoxy) is 1. The van der Waals surface area contributed by atoms with Crippen molar-refractivity contribution in [3.8, 4) is 0 Å². The summed E-state index contributed by atoms with van der Waals surface area (Å²) < 4.78 is 35.4. The molecular weight excluding hydrogens is 442 g/mol. The molecule has 1 aliphatic heterocycles. The van der Waals surface area contributed by atoms with Crippen molar-refractivity contribution in [2.24, 2.45) is 5.92 Å². The minimum Gasteiger partial charge on any atom is -0.469 e. The minimum absolute atomic E-state index is 0.0839. The van der Waals surface area contributed by atoms with E-state index in [1.165, 1.54) is 11.4 Å². The second-order valence-electron chi connectivity index (χ2n) is 9.80. The van der Waals surface area contributed by atoms with Crippen molar-refractivity contribution in [1.82, 2.24) is 13.5 Å². The van der Waals surface area contributed by atoms with E-state index in [-0.39, 0.29) is 16.9 Å². The molecule has 2 aromatic rings. The Hall–Kier alpha value is -1.71. The van der Waals surface area contributed by atoms with Gasteiger partial charge in [0, 0.05) is 18.5 Å². The zero-order valence-electron chi connectivity index (χ0n) is 20.3. The van der Waals surface area contributed by atoms with Crippen molar-refractivity contribution in [2.45, 2.75) is 76.0 Å². The van der Waals surface area contributed by atoms with Gasteiger partial charge < -0.3 is 8.97 Å². The van der Waals surface area contributed by atoms with Crippen LogP contribution in [0.5, 0.6) is 0 Å². The van der Waals surface area contributed by atoms with Crippen molar-refractivity contribution in [3.63, 3.8) is 0 Å². The molecule has 3 heterocycles. The Morgan fingerprint density at radius 1 is 1.03 bits per heavy atom. The topological polar surface area (TPSA) is 81.5 Å². The van der Waals surface area contributed by atoms with E-state index >= 15 is 0 Å². The lowest BCUT2D eigenvalue weighted by Gasteiger charge is -2.44. The van der Waals surface area contributed by atoms with Gasteiger partial charge in [0.05, 0.1) is 13.0 Å². The number of hydrogen-bond donors (Lipinski definition) is 0. The first kappa shape index (κ1) is 24.9. The van der Waals surface area contributed by atoms with Crippen molar-refractivity contribution in [1.29, 1.82) is 0 Å². The summed E-state index contributed by atoms with van der Waals surface area (Å²) in [7, 11) is -4.44. The Morgan fingerprint density at radius 2 is 1.59 bits per heavy atom. The average Bonchev–Trinajstić information content (AvgIpc) is 3.16. The third kappa shape index (κ3) is 4.03. The predicted octanol–water partition coefficient (Wildman–Crippen LogP) is 4.63. The Bertz CT molecular complexity index is 1050. The second kappa shape index (κ2) is 9.27. The number of carbonyl (C=O) groups is 1. The van der Waals surface area contributed by atoms with E-state index in [2.05, 4.69) is 58.0 Å². The maximum Gasteiger partial charge on any atom is 0.308 e. The summed E-state index contributed by atoms with van der Waals surface area (Å²) in [5, 5.41) is 1.05. The van der Waals surface area contributed by atoms with Crippen LogP contribution in [0, 0.1) is 5.92 Å². The van der Waals surface area contributed by atoms with Gasteiger partial charge in [-0.15, -0.1) is 0 Å². The Balaban J connectivity index is 2.03. The van der Waals surface area contributed by atoms with Crippen LogP contribution in [-0.2, 0) is 19.6 Å². The number of piperidine rings is 1. The number of methoxy groups -OCH3 is 1. The molecule has 0 amide bonds. The van der Waals surface area contributed by atoms with E-state index in [0.29, 0.717) is 42.6 Å². The zero-order valence-corrected chi connectivity index (χ0v) is 22.1. The number of pyridine rings is 1.